The number of rotatable bonds is 4. The molecule has 20 heavy (non-hydrogen) atoms. The van der Waals surface area contributed by atoms with Gasteiger partial charge in [0, 0.05) is 50.8 Å². The predicted octanol–water partition coefficient (Wildman–Crippen LogP) is 0.269. The van der Waals surface area contributed by atoms with Crippen LogP contribution in [0.2, 0.25) is 0 Å². The molecule has 0 aromatic carbocycles. The highest BCUT2D eigenvalue weighted by Gasteiger charge is 2.24. The van der Waals surface area contributed by atoms with Crippen molar-refractivity contribution in [3.63, 3.8) is 0 Å². The second-order valence-corrected chi connectivity index (χ2v) is 6.50. The minimum Gasteiger partial charge on any atom is -0.352 e. The summed E-state index contributed by atoms with van der Waals surface area (Å²) in [6.07, 6.45) is 2.17. The van der Waals surface area contributed by atoms with Crippen molar-refractivity contribution in [1.29, 1.82) is 0 Å². The van der Waals surface area contributed by atoms with E-state index in [0.29, 0.717) is 24.7 Å². The molecule has 2 fully saturated rings. The molecule has 2 N–H and O–H groups in total. The monoisotopic (exact) mass is 282 g/mol. The SMILES string of the molecule is CC(C)N1CCC(NC(=O)CN2CCNC[C@@H]2C)CC1. The second kappa shape index (κ2) is 7.38. The molecule has 0 aromatic rings. The highest BCUT2D eigenvalue weighted by atomic mass is 16.2. The van der Waals surface area contributed by atoms with Crippen LogP contribution in [0.3, 0.4) is 0 Å². The molecule has 2 saturated heterocycles. The third-order valence-corrected chi connectivity index (χ3v) is 4.61. The van der Waals surface area contributed by atoms with Gasteiger partial charge >= 0.3 is 0 Å². The van der Waals surface area contributed by atoms with Gasteiger partial charge in [-0.15, -0.1) is 0 Å². The van der Waals surface area contributed by atoms with Crippen molar-refractivity contribution in [3.05, 3.63) is 0 Å². The van der Waals surface area contributed by atoms with Gasteiger partial charge in [0.1, 0.15) is 0 Å². The van der Waals surface area contributed by atoms with E-state index < -0.39 is 0 Å². The van der Waals surface area contributed by atoms with E-state index in [-0.39, 0.29) is 5.91 Å². The lowest BCUT2D eigenvalue weighted by Gasteiger charge is -2.36. The molecule has 116 valence electrons. The smallest absolute Gasteiger partial charge is 0.234 e. The molecule has 5 heteroatoms. The summed E-state index contributed by atoms with van der Waals surface area (Å²) in [5.41, 5.74) is 0. The van der Waals surface area contributed by atoms with E-state index in [2.05, 4.69) is 41.2 Å². The van der Waals surface area contributed by atoms with Crippen LogP contribution in [0.15, 0.2) is 0 Å². The third kappa shape index (κ3) is 4.43. The summed E-state index contributed by atoms with van der Waals surface area (Å²) in [5.74, 6) is 0.196. The van der Waals surface area contributed by atoms with Crippen LogP contribution in [-0.2, 0) is 4.79 Å². The lowest BCUT2D eigenvalue weighted by Crippen LogP contribution is -2.54. The molecular weight excluding hydrogens is 252 g/mol. The minimum absolute atomic E-state index is 0.196. The molecule has 2 aliphatic heterocycles. The zero-order valence-corrected chi connectivity index (χ0v) is 13.2. The number of carbonyl (C=O) groups is 1. The standard InChI is InChI=1S/C15H30N4O/c1-12(2)18-7-4-14(5-8-18)17-15(20)11-19-9-6-16-10-13(19)3/h12-14,16H,4-11H2,1-3H3,(H,17,20)/t13-/m0/s1. The highest BCUT2D eigenvalue weighted by molar-refractivity contribution is 5.78. The van der Waals surface area contributed by atoms with E-state index in [1.54, 1.807) is 0 Å². The first-order chi connectivity index (χ1) is 9.56. The molecule has 0 radical (unpaired) electrons. The summed E-state index contributed by atoms with van der Waals surface area (Å²) >= 11 is 0. The topological polar surface area (TPSA) is 47.6 Å². The van der Waals surface area contributed by atoms with E-state index in [9.17, 15) is 4.79 Å². The number of likely N-dealkylation sites (tertiary alicyclic amines) is 1. The van der Waals surface area contributed by atoms with Gasteiger partial charge in [0.25, 0.3) is 0 Å². The van der Waals surface area contributed by atoms with Crippen LogP contribution in [0.25, 0.3) is 0 Å². The first-order valence-electron chi connectivity index (χ1n) is 8.04. The molecule has 0 aromatic heterocycles. The maximum Gasteiger partial charge on any atom is 0.234 e. The summed E-state index contributed by atoms with van der Waals surface area (Å²) in [4.78, 5) is 16.9. The molecule has 1 atom stereocenters. The van der Waals surface area contributed by atoms with Gasteiger partial charge in [-0.25, -0.2) is 0 Å². The van der Waals surface area contributed by atoms with E-state index in [0.717, 1.165) is 45.6 Å². The van der Waals surface area contributed by atoms with Gasteiger partial charge in [-0.2, -0.15) is 0 Å². The Balaban J connectivity index is 1.70. The van der Waals surface area contributed by atoms with E-state index >= 15 is 0 Å². The van der Waals surface area contributed by atoms with Gasteiger partial charge in [0.05, 0.1) is 6.54 Å². The van der Waals surface area contributed by atoms with Crippen LogP contribution in [0.5, 0.6) is 0 Å². The molecule has 0 spiro atoms. The molecule has 2 aliphatic rings. The van der Waals surface area contributed by atoms with Gasteiger partial charge < -0.3 is 15.5 Å². The Bertz CT molecular complexity index is 313. The molecule has 1 amide bonds. The number of hydrogen-bond donors (Lipinski definition) is 2. The van der Waals surface area contributed by atoms with Crippen molar-refractivity contribution in [2.45, 2.75) is 51.7 Å². The zero-order valence-electron chi connectivity index (χ0n) is 13.2. The van der Waals surface area contributed by atoms with Gasteiger partial charge in [-0.3, -0.25) is 9.69 Å². The van der Waals surface area contributed by atoms with Crippen molar-refractivity contribution >= 4 is 5.91 Å². The van der Waals surface area contributed by atoms with E-state index in [1.807, 2.05) is 0 Å². The van der Waals surface area contributed by atoms with Gasteiger partial charge in [0.15, 0.2) is 0 Å². The number of carbonyl (C=O) groups excluding carboxylic acids is 1. The van der Waals surface area contributed by atoms with Crippen molar-refractivity contribution in [1.82, 2.24) is 20.4 Å². The fraction of sp³-hybridized carbons (Fsp3) is 0.933. The molecule has 2 rings (SSSR count). The number of nitrogens with one attached hydrogen (secondary N) is 2. The van der Waals surface area contributed by atoms with E-state index in [1.165, 1.54) is 0 Å². The summed E-state index contributed by atoms with van der Waals surface area (Å²) in [6.45, 7) is 12.4. The number of nitrogens with zero attached hydrogens (tertiary/aromatic N) is 2. The van der Waals surface area contributed by atoms with Gasteiger partial charge in [-0.05, 0) is 33.6 Å². The highest BCUT2D eigenvalue weighted by Crippen LogP contribution is 2.13. The van der Waals surface area contributed by atoms with Crippen LogP contribution < -0.4 is 10.6 Å². The second-order valence-electron chi connectivity index (χ2n) is 6.50. The van der Waals surface area contributed by atoms with Gasteiger partial charge in [-0.1, -0.05) is 0 Å². The Morgan fingerprint density at radius 2 is 2.00 bits per heavy atom. The average molecular weight is 282 g/mol. The number of amides is 1. The Morgan fingerprint density at radius 1 is 1.30 bits per heavy atom. The van der Waals surface area contributed by atoms with Gasteiger partial charge in [0.2, 0.25) is 5.91 Å². The molecule has 5 nitrogen and oxygen atoms in total. The Morgan fingerprint density at radius 3 is 2.60 bits per heavy atom. The molecule has 0 saturated carbocycles. The fourth-order valence-electron chi connectivity index (χ4n) is 3.14. The Labute approximate surface area is 123 Å². The molecule has 0 unspecified atom stereocenters. The van der Waals surface area contributed by atoms with Crippen LogP contribution >= 0.6 is 0 Å². The summed E-state index contributed by atoms with van der Waals surface area (Å²) in [7, 11) is 0. The predicted molar refractivity (Wildman–Crippen MR) is 81.8 cm³/mol. The molecule has 0 bridgehead atoms. The Hall–Kier alpha value is -0.650. The third-order valence-electron chi connectivity index (χ3n) is 4.61. The minimum atomic E-state index is 0.196. The van der Waals surface area contributed by atoms with Crippen LogP contribution in [-0.4, -0.2) is 73.1 Å². The molecule has 0 aliphatic carbocycles. The van der Waals surface area contributed by atoms with E-state index in [4.69, 9.17) is 0 Å². The summed E-state index contributed by atoms with van der Waals surface area (Å²) in [6, 6.07) is 1.45. The van der Waals surface area contributed by atoms with Crippen molar-refractivity contribution in [2.75, 3.05) is 39.3 Å². The fourth-order valence-corrected chi connectivity index (χ4v) is 3.14. The van der Waals surface area contributed by atoms with Crippen molar-refractivity contribution in [2.24, 2.45) is 0 Å². The maximum atomic E-state index is 12.2. The normalized spacial score (nSPS) is 26.9. The zero-order chi connectivity index (χ0) is 14.5. The first-order valence-corrected chi connectivity index (χ1v) is 8.04. The number of piperidine rings is 1. The number of piperazine rings is 1. The first kappa shape index (κ1) is 15.7. The number of hydrogen-bond acceptors (Lipinski definition) is 4. The van der Waals surface area contributed by atoms with Crippen LogP contribution in [0.4, 0.5) is 0 Å². The maximum absolute atomic E-state index is 12.2. The lowest BCUT2D eigenvalue weighted by atomic mass is 10.0. The van der Waals surface area contributed by atoms with Crippen LogP contribution in [0.1, 0.15) is 33.6 Å². The Kier molecular flexibility index (Phi) is 5.81. The summed E-state index contributed by atoms with van der Waals surface area (Å²) in [5, 5.41) is 6.57. The average Bonchev–Trinajstić information content (AvgIpc) is 2.42. The molecule has 2 heterocycles. The summed E-state index contributed by atoms with van der Waals surface area (Å²) < 4.78 is 0. The largest absolute Gasteiger partial charge is 0.352 e. The van der Waals surface area contributed by atoms with Crippen molar-refractivity contribution in [3.8, 4) is 0 Å². The quantitative estimate of drug-likeness (QED) is 0.777. The lowest BCUT2D eigenvalue weighted by molar-refractivity contribution is -0.124. The van der Waals surface area contributed by atoms with Crippen LogP contribution in [0, 0.1) is 0 Å². The van der Waals surface area contributed by atoms with Crippen molar-refractivity contribution < 1.29 is 4.79 Å². The molecular formula is C15H30N4O.